The first-order valence-electron chi connectivity index (χ1n) is 5.23. The summed E-state index contributed by atoms with van der Waals surface area (Å²) >= 11 is 6.32. The van der Waals surface area contributed by atoms with Crippen LogP contribution in [0.3, 0.4) is 0 Å². The van der Waals surface area contributed by atoms with Gasteiger partial charge in [0, 0.05) is 11.8 Å². The molecule has 3 heteroatoms. The largest absolute Gasteiger partial charge is 0.303 e. The smallest absolute Gasteiger partial charge is 0.0191 e. The SMILES string of the molecule is CN(CCCCCS)C1CCSC1. The third-order valence-electron chi connectivity index (χ3n) is 2.70. The molecule has 1 aliphatic heterocycles. The van der Waals surface area contributed by atoms with Crippen LogP contribution in [0.15, 0.2) is 0 Å². The molecule has 1 nitrogen and oxygen atoms in total. The Kier molecular flexibility index (Phi) is 6.33. The van der Waals surface area contributed by atoms with Gasteiger partial charge in [-0.15, -0.1) is 0 Å². The topological polar surface area (TPSA) is 3.24 Å². The fraction of sp³-hybridized carbons (Fsp3) is 1.00. The van der Waals surface area contributed by atoms with Gasteiger partial charge in [0.25, 0.3) is 0 Å². The maximum Gasteiger partial charge on any atom is 0.0191 e. The first-order chi connectivity index (χ1) is 6.34. The summed E-state index contributed by atoms with van der Waals surface area (Å²) in [4.78, 5) is 2.54. The fourth-order valence-corrected chi connectivity index (χ4v) is 3.22. The van der Waals surface area contributed by atoms with Crippen molar-refractivity contribution in [2.45, 2.75) is 31.7 Å². The van der Waals surface area contributed by atoms with Crippen molar-refractivity contribution in [3.05, 3.63) is 0 Å². The molecule has 1 atom stereocenters. The average Bonchev–Trinajstić information content (AvgIpc) is 2.65. The normalized spacial score (nSPS) is 22.8. The summed E-state index contributed by atoms with van der Waals surface area (Å²) in [5, 5.41) is 0. The molecule has 0 spiro atoms. The van der Waals surface area contributed by atoms with Crippen LogP contribution in [0.5, 0.6) is 0 Å². The van der Waals surface area contributed by atoms with Crippen LogP contribution in [0.25, 0.3) is 0 Å². The van der Waals surface area contributed by atoms with E-state index in [1.807, 2.05) is 0 Å². The van der Waals surface area contributed by atoms with Crippen molar-refractivity contribution >= 4 is 24.4 Å². The lowest BCUT2D eigenvalue weighted by Gasteiger charge is -2.23. The molecule has 0 aromatic carbocycles. The molecule has 0 bridgehead atoms. The number of thiol groups is 1. The summed E-state index contributed by atoms with van der Waals surface area (Å²) < 4.78 is 0. The molecule has 0 aliphatic carbocycles. The van der Waals surface area contributed by atoms with Crippen molar-refractivity contribution in [2.75, 3.05) is 30.9 Å². The lowest BCUT2D eigenvalue weighted by Crippen LogP contribution is -2.32. The van der Waals surface area contributed by atoms with Gasteiger partial charge in [-0.3, -0.25) is 0 Å². The van der Waals surface area contributed by atoms with E-state index in [2.05, 4.69) is 36.3 Å². The molecule has 1 rings (SSSR count). The number of hydrogen-bond acceptors (Lipinski definition) is 3. The maximum atomic E-state index is 4.22. The minimum absolute atomic E-state index is 0.862. The van der Waals surface area contributed by atoms with Crippen molar-refractivity contribution in [1.82, 2.24) is 4.90 Å². The molecule has 0 amide bonds. The Morgan fingerprint density at radius 1 is 1.38 bits per heavy atom. The lowest BCUT2D eigenvalue weighted by molar-refractivity contribution is 0.257. The van der Waals surface area contributed by atoms with Crippen molar-refractivity contribution in [2.24, 2.45) is 0 Å². The number of unbranched alkanes of at least 4 members (excludes halogenated alkanes) is 2. The highest BCUT2D eigenvalue weighted by molar-refractivity contribution is 7.99. The van der Waals surface area contributed by atoms with Crippen LogP contribution in [-0.4, -0.2) is 41.8 Å². The summed E-state index contributed by atoms with van der Waals surface area (Å²) in [7, 11) is 2.28. The quantitative estimate of drug-likeness (QED) is 0.540. The number of nitrogens with zero attached hydrogens (tertiary/aromatic N) is 1. The third-order valence-corrected chi connectivity index (χ3v) is 4.16. The van der Waals surface area contributed by atoms with E-state index in [-0.39, 0.29) is 0 Å². The van der Waals surface area contributed by atoms with Gasteiger partial charge in [-0.05, 0) is 44.4 Å². The molecule has 0 saturated carbocycles. The summed E-state index contributed by atoms with van der Waals surface area (Å²) in [5.74, 6) is 3.76. The Morgan fingerprint density at radius 3 is 2.85 bits per heavy atom. The van der Waals surface area contributed by atoms with Gasteiger partial charge in [-0.25, -0.2) is 0 Å². The molecule has 78 valence electrons. The second-order valence-corrected chi connectivity index (χ2v) is 5.38. The standard InChI is InChI=1S/C10H21NS2/c1-11(6-3-2-4-7-12)10-5-8-13-9-10/h10,12H,2-9H2,1H3. The Labute approximate surface area is 92.1 Å². The van der Waals surface area contributed by atoms with Crippen LogP contribution in [-0.2, 0) is 0 Å². The number of hydrogen-bond donors (Lipinski definition) is 1. The van der Waals surface area contributed by atoms with E-state index >= 15 is 0 Å². The monoisotopic (exact) mass is 219 g/mol. The maximum absolute atomic E-state index is 4.22. The second-order valence-electron chi connectivity index (χ2n) is 3.78. The van der Waals surface area contributed by atoms with E-state index in [0.717, 1.165) is 11.8 Å². The van der Waals surface area contributed by atoms with Gasteiger partial charge in [0.05, 0.1) is 0 Å². The average molecular weight is 219 g/mol. The van der Waals surface area contributed by atoms with Gasteiger partial charge in [0.15, 0.2) is 0 Å². The Morgan fingerprint density at radius 2 is 2.23 bits per heavy atom. The summed E-state index contributed by atoms with van der Waals surface area (Å²) in [6, 6.07) is 0.862. The molecule has 0 aromatic rings. The van der Waals surface area contributed by atoms with Crippen LogP contribution >= 0.6 is 24.4 Å². The number of rotatable bonds is 6. The highest BCUT2D eigenvalue weighted by Crippen LogP contribution is 2.21. The second kappa shape index (κ2) is 7.02. The van der Waals surface area contributed by atoms with E-state index in [1.54, 1.807) is 0 Å². The third kappa shape index (κ3) is 4.61. The molecule has 1 fully saturated rings. The Hall–Kier alpha value is 0.660. The minimum Gasteiger partial charge on any atom is -0.303 e. The molecular weight excluding hydrogens is 198 g/mol. The van der Waals surface area contributed by atoms with Crippen LogP contribution < -0.4 is 0 Å². The molecule has 1 aliphatic rings. The predicted molar refractivity (Wildman–Crippen MR) is 66.1 cm³/mol. The van der Waals surface area contributed by atoms with Crippen LogP contribution in [0, 0.1) is 0 Å². The highest BCUT2D eigenvalue weighted by Gasteiger charge is 2.18. The summed E-state index contributed by atoms with van der Waals surface area (Å²) in [5.41, 5.74) is 0. The zero-order valence-electron chi connectivity index (χ0n) is 8.54. The van der Waals surface area contributed by atoms with Crippen LogP contribution in [0.2, 0.25) is 0 Å². The van der Waals surface area contributed by atoms with Crippen molar-refractivity contribution in [3.63, 3.8) is 0 Å². The van der Waals surface area contributed by atoms with E-state index < -0.39 is 0 Å². The molecule has 0 N–H and O–H groups in total. The van der Waals surface area contributed by atoms with Gasteiger partial charge < -0.3 is 4.90 Å². The van der Waals surface area contributed by atoms with Gasteiger partial charge in [-0.2, -0.15) is 24.4 Å². The van der Waals surface area contributed by atoms with Crippen LogP contribution in [0.1, 0.15) is 25.7 Å². The summed E-state index contributed by atoms with van der Waals surface area (Å²) in [6.07, 6.45) is 5.36. The minimum atomic E-state index is 0.862. The van der Waals surface area contributed by atoms with Gasteiger partial charge >= 0.3 is 0 Å². The predicted octanol–water partition coefficient (Wildman–Crippen LogP) is 2.52. The Balaban J connectivity index is 1.99. The Bertz CT molecular complexity index is 124. The fourth-order valence-electron chi connectivity index (χ4n) is 1.70. The van der Waals surface area contributed by atoms with Crippen molar-refractivity contribution < 1.29 is 0 Å². The lowest BCUT2D eigenvalue weighted by atomic mass is 10.2. The van der Waals surface area contributed by atoms with E-state index in [0.29, 0.717) is 0 Å². The zero-order chi connectivity index (χ0) is 9.52. The van der Waals surface area contributed by atoms with E-state index in [4.69, 9.17) is 0 Å². The first-order valence-corrected chi connectivity index (χ1v) is 7.02. The summed E-state index contributed by atoms with van der Waals surface area (Å²) in [6.45, 7) is 1.28. The van der Waals surface area contributed by atoms with Gasteiger partial charge in [0.2, 0.25) is 0 Å². The molecule has 1 saturated heterocycles. The zero-order valence-corrected chi connectivity index (χ0v) is 10.2. The van der Waals surface area contributed by atoms with Crippen molar-refractivity contribution in [1.29, 1.82) is 0 Å². The molecule has 0 radical (unpaired) electrons. The number of thioether (sulfide) groups is 1. The van der Waals surface area contributed by atoms with Crippen molar-refractivity contribution in [3.8, 4) is 0 Å². The van der Waals surface area contributed by atoms with Crippen LogP contribution in [0.4, 0.5) is 0 Å². The molecule has 0 aromatic heterocycles. The molecule has 13 heavy (non-hydrogen) atoms. The highest BCUT2D eigenvalue weighted by atomic mass is 32.2. The first kappa shape index (κ1) is 11.7. The van der Waals surface area contributed by atoms with Gasteiger partial charge in [-0.1, -0.05) is 6.42 Å². The molecular formula is C10H21NS2. The van der Waals surface area contributed by atoms with Gasteiger partial charge in [0.1, 0.15) is 0 Å². The van der Waals surface area contributed by atoms with E-state index in [9.17, 15) is 0 Å². The molecule has 1 unspecified atom stereocenters. The molecule has 1 heterocycles. The van der Waals surface area contributed by atoms with E-state index in [1.165, 1.54) is 43.7 Å².